The fraction of sp³-hybridized carbons (Fsp3) is 0.533. The van der Waals surface area contributed by atoms with Crippen molar-refractivity contribution in [3.8, 4) is 0 Å². The first kappa shape index (κ1) is 14.0. The SMILES string of the molecule is CCC(Cc1ccccc1)N1CCNCC1C(=O)O. The minimum atomic E-state index is -0.723. The minimum absolute atomic E-state index is 0.297. The maximum Gasteiger partial charge on any atom is 0.322 e. The second-order valence-electron chi connectivity index (χ2n) is 5.05. The average molecular weight is 262 g/mol. The van der Waals surface area contributed by atoms with Crippen LogP contribution in [0.3, 0.4) is 0 Å². The van der Waals surface area contributed by atoms with E-state index >= 15 is 0 Å². The lowest BCUT2D eigenvalue weighted by Gasteiger charge is -2.39. The molecule has 4 nitrogen and oxygen atoms in total. The van der Waals surface area contributed by atoms with Crippen molar-refractivity contribution in [2.45, 2.75) is 31.8 Å². The third-order valence-corrected chi connectivity index (χ3v) is 3.82. The quantitative estimate of drug-likeness (QED) is 0.841. The third kappa shape index (κ3) is 3.55. The molecule has 2 atom stereocenters. The van der Waals surface area contributed by atoms with Gasteiger partial charge in [0, 0.05) is 25.7 Å². The standard InChI is InChI=1S/C15H22N2O2/c1-2-13(10-12-6-4-3-5-7-12)17-9-8-16-11-14(17)15(18)19/h3-7,13-14,16H,2,8-11H2,1H3,(H,18,19). The first-order chi connectivity index (χ1) is 9.22. The number of benzene rings is 1. The zero-order valence-electron chi connectivity index (χ0n) is 11.4. The van der Waals surface area contributed by atoms with Crippen LogP contribution >= 0.6 is 0 Å². The number of aliphatic carboxylic acids is 1. The van der Waals surface area contributed by atoms with Crippen LogP contribution in [0.5, 0.6) is 0 Å². The molecule has 1 fully saturated rings. The number of hydrogen-bond donors (Lipinski definition) is 2. The van der Waals surface area contributed by atoms with Gasteiger partial charge in [-0.1, -0.05) is 37.3 Å². The topological polar surface area (TPSA) is 52.6 Å². The van der Waals surface area contributed by atoms with Gasteiger partial charge in [-0.15, -0.1) is 0 Å². The summed E-state index contributed by atoms with van der Waals surface area (Å²) in [5.41, 5.74) is 1.28. The van der Waals surface area contributed by atoms with E-state index in [1.54, 1.807) is 0 Å². The molecule has 1 aliphatic heterocycles. The van der Waals surface area contributed by atoms with Gasteiger partial charge in [-0.05, 0) is 18.4 Å². The molecule has 1 aliphatic rings. The smallest absolute Gasteiger partial charge is 0.322 e. The van der Waals surface area contributed by atoms with Gasteiger partial charge in [-0.25, -0.2) is 0 Å². The highest BCUT2D eigenvalue weighted by Gasteiger charge is 2.32. The van der Waals surface area contributed by atoms with E-state index in [1.165, 1.54) is 5.56 Å². The van der Waals surface area contributed by atoms with Crippen molar-refractivity contribution >= 4 is 5.97 Å². The molecular formula is C15H22N2O2. The highest BCUT2D eigenvalue weighted by atomic mass is 16.4. The maximum atomic E-state index is 11.4. The van der Waals surface area contributed by atoms with E-state index in [1.807, 2.05) is 18.2 Å². The Bertz CT molecular complexity index is 408. The van der Waals surface area contributed by atoms with E-state index in [-0.39, 0.29) is 0 Å². The summed E-state index contributed by atoms with van der Waals surface area (Å²) in [6.45, 7) is 4.35. The van der Waals surface area contributed by atoms with Gasteiger partial charge < -0.3 is 10.4 Å². The monoisotopic (exact) mass is 262 g/mol. The van der Waals surface area contributed by atoms with Crippen molar-refractivity contribution in [3.05, 3.63) is 35.9 Å². The fourth-order valence-corrected chi connectivity index (χ4v) is 2.77. The van der Waals surface area contributed by atoms with Crippen LogP contribution in [0, 0.1) is 0 Å². The van der Waals surface area contributed by atoms with Gasteiger partial charge in [0.1, 0.15) is 6.04 Å². The molecule has 0 saturated carbocycles. The van der Waals surface area contributed by atoms with E-state index in [2.05, 4.69) is 29.3 Å². The molecular weight excluding hydrogens is 240 g/mol. The number of piperazine rings is 1. The molecule has 0 aliphatic carbocycles. The molecule has 0 bridgehead atoms. The Morgan fingerprint density at radius 3 is 2.84 bits per heavy atom. The van der Waals surface area contributed by atoms with Crippen LogP contribution in [-0.4, -0.2) is 47.7 Å². The zero-order valence-corrected chi connectivity index (χ0v) is 11.4. The Labute approximate surface area is 114 Å². The number of hydrogen-bond acceptors (Lipinski definition) is 3. The van der Waals surface area contributed by atoms with Crippen molar-refractivity contribution in [2.75, 3.05) is 19.6 Å². The summed E-state index contributed by atoms with van der Waals surface area (Å²) in [5, 5.41) is 12.5. The largest absolute Gasteiger partial charge is 0.480 e. The molecule has 2 N–H and O–H groups in total. The van der Waals surface area contributed by atoms with Gasteiger partial charge in [0.2, 0.25) is 0 Å². The predicted molar refractivity (Wildman–Crippen MR) is 75.2 cm³/mol. The van der Waals surface area contributed by atoms with Gasteiger partial charge in [-0.3, -0.25) is 9.69 Å². The summed E-state index contributed by atoms with van der Waals surface area (Å²) < 4.78 is 0. The summed E-state index contributed by atoms with van der Waals surface area (Å²) in [6.07, 6.45) is 1.89. The first-order valence-corrected chi connectivity index (χ1v) is 6.95. The van der Waals surface area contributed by atoms with Crippen molar-refractivity contribution in [2.24, 2.45) is 0 Å². The van der Waals surface area contributed by atoms with Gasteiger partial charge in [0.15, 0.2) is 0 Å². The van der Waals surface area contributed by atoms with Crippen LogP contribution in [0.2, 0.25) is 0 Å². The molecule has 4 heteroatoms. The summed E-state index contributed by atoms with van der Waals surface area (Å²) in [5.74, 6) is -0.723. The molecule has 1 saturated heterocycles. The summed E-state index contributed by atoms with van der Waals surface area (Å²) in [4.78, 5) is 13.5. The van der Waals surface area contributed by atoms with Gasteiger partial charge in [0.25, 0.3) is 0 Å². The lowest BCUT2D eigenvalue weighted by atomic mass is 9.99. The Morgan fingerprint density at radius 2 is 2.21 bits per heavy atom. The maximum absolute atomic E-state index is 11.4. The van der Waals surface area contributed by atoms with Crippen LogP contribution in [0.25, 0.3) is 0 Å². The number of nitrogens with zero attached hydrogens (tertiary/aromatic N) is 1. The Hall–Kier alpha value is -1.39. The molecule has 0 radical (unpaired) electrons. The summed E-state index contributed by atoms with van der Waals surface area (Å²) in [6, 6.07) is 10.2. The van der Waals surface area contributed by atoms with Crippen LogP contribution in [0.1, 0.15) is 18.9 Å². The molecule has 0 amide bonds. The lowest BCUT2D eigenvalue weighted by Crippen LogP contribution is -2.58. The van der Waals surface area contributed by atoms with E-state index in [9.17, 15) is 9.90 Å². The van der Waals surface area contributed by atoms with Crippen LogP contribution in [-0.2, 0) is 11.2 Å². The number of rotatable bonds is 5. The molecule has 0 spiro atoms. The Kier molecular flexibility index (Phi) is 4.93. The second-order valence-corrected chi connectivity index (χ2v) is 5.05. The van der Waals surface area contributed by atoms with E-state index in [4.69, 9.17) is 0 Å². The van der Waals surface area contributed by atoms with Crippen LogP contribution in [0.4, 0.5) is 0 Å². The average Bonchev–Trinajstić information content (AvgIpc) is 2.46. The summed E-state index contributed by atoms with van der Waals surface area (Å²) in [7, 11) is 0. The number of carboxylic acids is 1. The molecule has 1 aromatic carbocycles. The molecule has 1 heterocycles. The number of nitrogens with one attached hydrogen (secondary N) is 1. The second kappa shape index (κ2) is 6.68. The number of carboxylic acid groups (broad SMARTS) is 1. The fourth-order valence-electron chi connectivity index (χ4n) is 2.77. The van der Waals surface area contributed by atoms with E-state index < -0.39 is 12.0 Å². The highest BCUT2D eigenvalue weighted by Crippen LogP contribution is 2.16. The lowest BCUT2D eigenvalue weighted by molar-refractivity contribution is -0.145. The van der Waals surface area contributed by atoms with Crippen molar-refractivity contribution < 1.29 is 9.90 Å². The molecule has 0 aromatic heterocycles. The van der Waals surface area contributed by atoms with Gasteiger partial charge in [-0.2, -0.15) is 0 Å². The first-order valence-electron chi connectivity index (χ1n) is 6.95. The molecule has 19 heavy (non-hydrogen) atoms. The van der Waals surface area contributed by atoms with Crippen LogP contribution in [0.15, 0.2) is 30.3 Å². The van der Waals surface area contributed by atoms with Crippen molar-refractivity contribution in [3.63, 3.8) is 0 Å². The summed E-state index contributed by atoms with van der Waals surface area (Å²) >= 11 is 0. The molecule has 1 aromatic rings. The molecule has 104 valence electrons. The zero-order chi connectivity index (χ0) is 13.7. The number of carbonyl (C=O) groups is 1. The third-order valence-electron chi connectivity index (χ3n) is 3.82. The van der Waals surface area contributed by atoms with Crippen molar-refractivity contribution in [1.29, 1.82) is 0 Å². The highest BCUT2D eigenvalue weighted by molar-refractivity contribution is 5.74. The molecule has 2 unspecified atom stereocenters. The van der Waals surface area contributed by atoms with Gasteiger partial charge in [0.05, 0.1) is 0 Å². The predicted octanol–water partition coefficient (Wildman–Crippen LogP) is 1.37. The van der Waals surface area contributed by atoms with Crippen LogP contribution < -0.4 is 5.32 Å². The van der Waals surface area contributed by atoms with E-state index in [0.717, 1.165) is 25.9 Å². The normalized spacial score (nSPS) is 22.1. The van der Waals surface area contributed by atoms with E-state index in [0.29, 0.717) is 12.6 Å². The Balaban J connectivity index is 2.09. The Morgan fingerprint density at radius 1 is 1.47 bits per heavy atom. The van der Waals surface area contributed by atoms with Gasteiger partial charge >= 0.3 is 5.97 Å². The van der Waals surface area contributed by atoms with Crippen molar-refractivity contribution in [1.82, 2.24) is 10.2 Å². The molecule has 2 rings (SSSR count). The minimum Gasteiger partial charge on any atom is -0.480 e.